The van der Waals surface area contributed by atoms with Gasteiger partial charge < -0.3 is 14.4 Å². The molecule has 3 heterocycles. The lowest BCUT2D eigenvalue weighted by atomic mass is 10.1. The monoisotopic (exact) mass is 503 g/mol. The van der Waals surface area contributed by atoms with Gasteiger partial charge in [-0.3, -0.25) is 9.59 Å². The van der Waals surface area contributed by atoms with Gasteiger partial charge in [-0.2, -0.15) is 4.98 Å². The number of hydrogen-bond donors (Lipinski definition) is 1. The van der Waals surface area contributed by atoms with Crippen molar-refractivity contribution in [3.63, 3.8) is 0 Å². The fourth-order valence-electron chi connectivity index (χ4n) is 3.83. The maximum Gasteiger partial charge on any atom is 0.263 e. The van der Waals surface area contributed by atoms with Crippen LogP contribution in [0, 0.1) is 19.7 Å². The van der Waals surface area contributed by atoms with Crippen LogP contribution in [-0.2, 0) is 11.3 Å². The molecule has 36 heavy (non-hydrogen) atoms. The zero-order valence-electron chi connectivity index (χ0n) is 19.3. The predicted molar refractivity (Wildman–Crippen MR) is 134 cm³/mol. The SMILES string of the molecule is Cc1ccc2c(=O)c(-c3nc(-c4ccccc4C)no3)cn(CC(=O)Nc3ccc(F)cc3Cl)c2n1. The van der Waals surface area contributed by atoms with Crippen LogP contribution >= 0.6 is 11.6 Å². The molecule has 5 rings (SSSR count). The Hall–Kier alpha value is -4.37. The molecule has 0 fully saturated rings. The number of nitrogens with zero attached hydrogens (tertiary/aromatic N) is 4. The van der Waals surface area contributed by atoms with Gasteiger partial charge in [0.15, 0.2) is 0 Å². The van der Waals surface area contributed by atoms with Crippen molar-refractivity contribution in [2.75, 3.05) is 5.32 Å². The van der Waals surface area contributed by atoms with Crippen molar-refractivity contribution in [1.29, 1.82) is 0 Å². The molecule has 0 radical (unpaired) electrons. The van der Waals surface area contributed by atoms with Gasteiger partial charge in [-0.05, 0) is 49.7 Å². The van der Waals surface area contributed by atoms with E-state index in [4.69, 9.17) is 16.1 Å². The first-order valence-corrected chi connectivity index (χ1v) is 11.3. The van der Waals surface area contributed by atoms with E-state index in [9.17, 15) is 14.0 Å². The van der Waals surface area contributed by atoms with Crippen LogP contribution in [0.25, 0.3) is 33.9 Å². The zero-order chi connectivity index (χ0) is 25.4. The second-order valence-corrected chi connectivity index (χ2v) is 8.64. The molecule has 10 heteroatoms. The molecular weight excluding hydrogens is 485 g/mol. The van der Waals surface area contributed by atoms with Crippen LogP contribution in [0.1, 0.15) is 11.3 Å². The van der Waals surface area contributed by atoms with Gasteiger partial charge in [0.2, 0.25) is 17.2 Å². The van der Waals surface area contributed by atoms with Crippen LogP contribution in [0.2, 0.25) is 5.02 Å². The second-order valence-electron chi connectivity index (χ2n) is 8.23. The number of fused-ring (bicyclic) bond motifs is 1. The Kier molecular flexibility index (Phi) is 6.07. The lowest BCUT2D eigenvalue weighted by Crippen LogP contribution is -2.22. The number of rotatable bonds is 5. The normalized spacial score (nSPS) is 11.1. The lowest BCUT2D eigenvalue weighted by molar-refractivity contribution is -0.116. The number of amides is 1. The first-order valence-electron chi connectivity index (χ1n) is 11.0. The zero-order valence-corrected chi connectivity index (χ0v) is 20.0. The molecule has 0 saturated heterocycles. The summed E-state index contributed by atoms with van der Waals surface area (Å²) in [5.74, 6) is -0.594. The molecule has 2 aromatic carbocycles. The third-order valence-corrected chi connectivity index (χ3v) is 5.93. The minimum atomic E-state index is -0.515. The van der Waals surface area contributed by atoms with E-state index in [0.29, 0.717) is 22.6 Å². The van der Waals surface area contributed by atoms with E-state index in [2.05, 4.69) is 20.4 Å². The van der Waals surface area contributed by atoms with Gasteiger partial charge in [0.25, 0.3) is 5.89 Å². The summed E-state index contributed by atoms with van der Waals surface area (Å²) < 4.78 is 20.3. The molecule has 0 spiro atoms. The number of carbonyl (C=O) groups excluding carboxylic acids is 1. The fraction of sp³-hybridized carbons (Fsp3) is 0.115. The van der Waals surface area contributed by atoms with Gasteiger partial charge >= 0.3 is 0 Å². The minimum Gasteiger partial charge on any atom is -0.333 e. The van der Waals surface area contributed by atoms with Crippen molar-refractivity contribution < 1.29 is 13.7 Å². The molecular formula is C26H19ClFN5O3. The van der Waals surface area contributed by atoms with E-state index in [0.717, 1.165) is 17.2 Å². The number of carbonyl (C=O) groups is 1. The van der Waals surface area contributed by atoms with Gasteiger partial charge in [0.05, 0.1) is 16.1 Å². The highest BCUT2D eigenvalue weighted by Gasteiger charge is 2.20. The summed E-state index contributed by atoms with van der Waals surface area (Å²) in [5.41, 5.74) is 2.77. The van der Waals surface area contributed by atoms with Crippen molar-refractivity contribution >= 4 is 34.2 Å². The van der Waals surface area contributed by atoms with Gasteiger partial charge in [-0.15, -0.1) is 0 Å². The highest BCUT2D eigenvalue weighted by Crippen LogP contribution is 2.25. The maximum absolute atomic E-state index is 13.4. The van der Waals surface area contributed by atoms with Gasteiger partial charge in [0.1, 0.15) is 23.6 Å². The first-order chi connectivity index (χ1) is 17.3. The highest BCUT2D eigenvalue weighted by atomic mass is 35.5. The molecule has 0 aliphatic carbocycles. The molecule has 0 bridgehead atoms. The Bertz CT molecular complexity index is 1700. The van der Waals surface area contributed by atoms with Crippen molar-refractivity contribution in [3.05, 3.63) is 93.1 Å². The van der Waals surface area contributed by atoms with E-state index in [1.54, 1.807) is 19.1 Å². The number of nitrogens with one attached hydrogen (secondary N) is 1. The maximum atomic E-state index is 13.4. The lowest BCUT2D eigenvalue weighted by Gasteiger charge is -2.13. The number of aromatic nitrogens is 4. The van der Waals surface area contributed by atoms with E-state index in [1.807, 2.05) is 31.2 Å². The van der Waals surface area contributed by atoms with Crippen LogP contribution in [0.5, 0.6) is 0 Å². The number of anilines is 1. The Balaban J connectivity index is 1.56. The standard InChI is InChI=1S/C26H19ClFN5O3/c1-14-5-3-4-6-17(14)24-31-26(36-32-24)19-12-33(25-18(23(19)35)9-7-15(2)29-25)13-22(34)30-21-10-8-16(28)11-20(21)27/h3-12H,13H2,1-2H3,(H,30,34). The van der Waals surface area contributed by atoms with Gasteiger partial charge in [-0.1, -0.05) is 41.0 Å². The Morgan fingerprint density at radius 1 is 1.08 bits per heavy atom. The van der Waals surface area contributed by atoms with Crippen LogP contribution < -0.4 is 10.7 Å². The van der Waals surface area contributed by atoms with Crippen LogP contribution in [0.4, 0.5) is 10.1 Å². The van der Waals surface area contributed by atoms with Crippen LogP contribution in [-0.4, -0.2) is 25.6 Å². The van der Waals surface area contributed by atoms with Crippen LogP contribution in [0.15, 0.2) is 70.1 Å². The second kappa shape index (κ2) is 9.35. The Labute approximate surface area is 209 Å². The van der Waals surface area contributed by atoms with Crippen molar-refractivity contribution in [2.45, 2.75) is 20.4 Å². The fourth-order valence-corrected chi connectivity index (χ4v) is 4.05. The summed E-state index contributed by atoms with van der Waals surface area (Å²) >= 11 is 6.04. The molecule has 1 amide bonds. The molecule has 0 saturated carbocycles. The summed E-state index contributed by atoms with van der Waals surface area (Å²) in [4.78, 5) is 35.1. The Morgan fingerprint density at radius 2 is 1.89 bits per heavy atom. The summed E-state index contributed by atoms with van der Waals surface area (Å²) in [6, 6.07) is 14.6. The van der Waals surface area contributed by atoms with Crippen molar-refractivity contribution in [3.8, 4) is 22.8 Å². The predicted octanol–water partition coefficient (Wildman–Crippen LogP) is 5.16. The summed E-state index contributed by atoms with van der Waals surface area (Å²) in [5, 5.41) is 7.06. The van der Waals surface area contributed by atoms with Crippen molar-refractivity contribution in [1.82, 2.24) is 19.7 Å². The van der Waals surface area contributed by atoms with E-state index in [-0.39, 0.29) is 34.1 Å². The molecule has 8 nitrogen and oxygen atoms in total. The number of aryl methyl sites for hydroxylation is 2. The summed E-state index contributed by atoms with van der Waals surface area (Å²) in [7, 11) is 0. The molecule has 3 aromatic heterocycles. The van der Waals surface area contributed by atoms with E-state index in [1.165, 1.54) is 22.9 Å². The molecule has 1 N–H and O–H groups in total. The third kappa shape index (κ3) is 4.48. The smallest absolute Gasteiger partial charge is 0.263 e. The molecule has 0 atom stereocenters. The molecule has 5 aromatic rings. The molecule has 0 unspecified atom stereocenters. The number of pyridine rings is 2. The van der Waals surface area contributed by atoms with E-state index >= 15 is 0 Å². The average molecular weight is 504 g/mol. The number of hydrogen-bond acceptors (Lipinski definition) is 6. The quantitative estimate of drug-likeness (QED) is 0.355. The number of benzene rings is 2. The molecule has 0 aliphatic heterocycles. The van der Waals surface area contributed by atoms with Crippen LogP contribution in [0.3, 0.4) is 0 Å². The summed E-state index contributed by atoms with van der Waals surface area (Å²) in [6.45, 7) is 3.51. The minimum absolute atomic E-state index is 0.0245. The Morgan fingerprint density at radius 3 is 2.67 bits per heavy atom. The first kappa shape index (κ1) is 23.4. The number of halogens is 2. The summed E-state index contributed by atoms with van der Waals surface area (Å²) in [6.07, 6.45) is 1.47. The highest BCUT2D eigenvalue weighted by molar-refractivity contribution is 6.33. The average Bonchev–Trinajstić information content (AvgIpc) is 3.32. The molecule has 0 aliphatic rings. The molecule has 180 valence electrons. The topological polar surface area (TPSA) is 103 Å². The van der Waals surface area contributed by atoms with Crippen molar-refractivity contribution in [2.24, 2.45) is 0 Å². The van der Waals surface area contributed by atoms with E-state index < -0.39 is 11.7 Å². The third-order valence-electron chi connectivity index (χ3n) is 5.62. The largest absolute Gasteiger partial charge is 0.333 e. The van der Waals surface area contributed by atoms with Gasteiger partial charge in [0, 0.05) is 17.5 Å². The van der Waals surface area contributed by atoms with Gasteiger partial charge in [-0.25, -0.2) is 9.37 Å².